The highest BCUT2D eigenvalue weighted by Gasteiger charge is 2.28. The van der Waals surface area contributed by atoms with E-state index in [2.05, 4.69) is 20.6 Å². The fourth-order valence-corrected chi connectivity index (χ4v) is 3.73. The van der Waals surface area contributed by atoms with Gasteiger partial charge in [-0.25, -0.2) is 5.48 Å². The summed E-state index contributed by atoms with van der Waals surface area (Å²) in [6.07, 6.45) is 2.99. The van der Waals surface area contributed by atoms with Gasteiger partial charge in [0.25, 0.3) is 5.91 Å². The van der Waals surface area contributed by atoms with Crippen LogP contribution in [0.1, 0.15) is 38.7 Å². The lowest BCUT2D eigenvalue weighted by Gasteiger charge is -2.24. The molecule has 11 N–H and O–H groups in total. The number of hydrogen-bond donors (Lipinski definition) is 8. The van der Waals surface area contributed by atoms with Crippen molar-refractivity contribution >= 4 is 34.6 Å². The highest BCUT2D eigenvalue weighted by Crippen LogP contribution is 2.19. The monoisotopic (exact) mass is 488 g/mol. The number of hydroxylamine groups is 1. The fourth-order valence-electron chi connectivity index (χ4n) is 3.73. The Hall–Kier alpha value is -3.64. The summed E-state index contributed by atoms with van der Waals surface area (Å²) in [5, 5.41) is 15.3. The number of aromatic amines is 1. The molecule has 0 bridgehead atoms. The number of carbonyl (C=O) groups excluding carboxylic acids is 3. The van der Waals surface area contributed by atoms with Crippen LogP contribution >= 0.6 is 0 Å². The number of guanidine groups is 1. The number of benzene rings is 1. The van der Waals surface area contributed by atoms with Crippen LogP contribution in [-0.2, 0) is 20.8 Å². The van der Waals surface area contributed by atoms with Crippen molar-refractivity contribution in [2.45, 2.75) is 57.7 Å². The summed E-state index contributed by atoms with van der Waals surface area (Å²) in [5.74, 6) is -1.83. The third-order valence-electron chi connectivity index (χ3n) is 5.48. The Morgan fingerprint density at radius 3 is 2.40 bits per heavy atom. The molecule has 2 aromatic rings. The molecule has 0 saturated carbocycles. The number of rotatable bonds is 13. The van der Waals surface area contributed by atoms with Gasteiger partial charge in [0.1, 0.15) is 12.1 Å². The second-order valence-corrected chi connectivity index (χ2v) is 8.85. The zero-order valence-electron chi connectivity index (χ0n) is 20.1. The predicted octanol–water partition coefficient (Wildman–Crippen LogP) is -0.388. The average molecular weight is 489 g/mol. The molecule has 1 aromatic carbocycles. The molecule has 0 spiro atoms. The SMILES string of the molecule is CC(C)C[C@H](NC(=O)[C@@H](N)Cc1c[nH]c2ccccc12)C(=O)N[C@@H](CCCN=C(N)N)C(=O)NO. The predicted molar refractivity (Wildman–Crippen MR) is 133 cm³/mol. The maximum Gasteiger partial charge on any atom is 0.265 e. The molecule has 0 saturated heterocycles. The lowest BCUT2D eigenvalue weighted by molar-refractivity contribution is -0.136. The van der Waals surface area contributed by atoms with Crippen molar-refractivity contribution in [1.82, 2.24) is 21.1 Å². The number of para-hydroxylation sites is 1. The first-order valence-electron chi connectivity index (χ1n) is 11.5. The number of nitrogens with two attached hydrogens (primary N) is 3. The van der Waals surface area contributed by atoms with Crippen molar-refractivity contribution in [1.29, 1.82) is 0 Å². The van der Waals surface area contributed by atoms with Crippen LogP contribution in [0.2, 0.25) is 0 Å². The molecule has 35 heavy (non-hydrogen) atoms. The number of carbonyl (C=O) groups is 3. The normalized spacial score (nSPS) is 13.6. The standard InChI is InChI=1S/C23H36N8O4/c1-13(2)10-19(21(33)29-18(22(34)31-35)8-5-9-27-23(25)26)30-20(32)16(24)11-14-12-28-17-7-4-3-6-15(14)17/h3-4,6-7,12-13,16,18-19,28,35H,5,8-11,24H2,1-2H3,(H,29,33)(H,30,32)(H,31,34)(H4,25,26,27)/t16-,18-,19-/m0/s1. The molecule has 0 unspecified atom stereocenters. The Morgan fingerprint density at radius 2 is 1.74 bits per heavy atom. The van der Waals surface area contributed by atoms with Gasteiger partial charge in [-0.15, -0.1) is 0 Å². The number of aliphatic imine (C=N–C) groups is 1. The van der Waals surface area contributed by atoms with E-state index < -0.39 is 35.8 Å². The second-order valence-electron chi connectivity index (χ2n) is 8.85. The number of amides is 3. The lowest BCUT2D eigenvalue weighted by atomic mass is 10.0. The molecule has 0 aliphatic heterocycles. The lowest BCUT2D eigenvalue weighted by Crippen LogP contribution is -2.56. The van der Waals surface area contributed by atoms with E-state index in [0.29, 0.717) is 12.8 Å². The van der Waals surface area contributed by atoms with Crippen molar-refractivity contribution in [3.05, 3.63) is 36.0 Å². The molecule has 2 rings (SSSR count). The summed E-state index contributed by atoms with van der Waals surface area (Å²) < 4.78 is 0. The van der Waals surface area contributed by atoms with E-state index in [1.807, 2.05) is 44.3 Å². The number of nitrogens with zero attached hydrogens (tertiary/aromatic N) is 1. The third-order valence-corrected chi connectivity index (χ3v) is 5.48. The molecule has 0 fully saturated rings. The molecule has 0 aliphatic carbocycles. The van der Waals surface area contributed by atoms with E-state index in [4.69, 9.17) is 22.4 Å². The zero-order valence-corrected chi connectivity index (χ0v) is 20.1. The summed E-state index contributed by atoms with van der Waals surface area (Å²) in [7, 11) is 0. The van der Waals surface area contributed by atoms with Crippen molar-refractivity contribution in [2.75, 3.05) is 6.54 Å². The van der Waals surface area contributed by atoms with Crippen LogP contribution < -0.4 is 33.3 Å². The summed E-state index contributed by atoms with van der Waals surface area (Å²) in [6.45, 7) is 4.07. The van der Waals surface area contributed by atoms with Gasteiger partial charge in [-0.2, -0.15) is 0 Å². The van der Waals surface area contributed by atoms with Gasteiger partial charge in [0.15, 0.2) is 5.96 Å². The van der Waals surface area contributed by atoms with E-state index in [-0.39, 0.29) is 31.3 Å². The molecular formula is C23H36N8O4. The Morgan fingerprint density at radius 1 is 1.06 bits per heavy atom. The van der Waals surface area contributed by atoms with Crippen LogP contribution in [0.15, 0.2) is 35.5 Å². The fraction of sp³-hybridized carbons (Fsp3) is 0.478. The molecule has 3 amide bonds. The third kappa shape index (κ3) is 8.58. The van der Waals surface area contributed by atoms with Crippen LogP contribution in [0.25, 0.3) is 10.9 Å². The maximum absolute atomic E-state index is 13.0. The first-order chi connectivity index (χ1) is 16.6. The van der Waals surface area contributed by atoms with Crippen LogP contribution in [-0.4, -0.2) is 58.5 Å². The Labute approximate surface area is 204 Å². The van der Waals surface area contributed by atoms with Crippen molar-refractivity contribution in [2.24, 2.45) is 28.1 Å². The van der Waals surface area contributed by atoms with Gasteiger partial charge >= 0.3 is 0 Å². The van der Waals surface area contributed by atoms with Crippen LogP contribution in [0.3, 0.4) is 0 Å². The molecule has 0 radical (unpaired) electrons. The van der Waals surface area contributed by atoms with Crippen LogP contribution in [0, 0.1) is 5.92 Å². The van der Waals surface area contributed by atoms with Crippen LogP contribution in [0.4, 0.5) is 0 Å². The summed E-state index contributed by atoms with van der Waals surface area (Å²) >= 11 is 0. The number of fused-ring (bicyclic) bond motifs is 1. The second kappa shape index (κ2) is 13.3. The smallest absolute Gasteiger partial charge is 0.265 e. The van der Waals surface area contributed by atoms with E-state index >= 15 is 0 Å². The minimum Gasteiger partial charge on any atom is -0.370 e. The van der Waals surface area contributed by atoms with Gasteiger partial charge in [0.2, 0.25) is 11.8 Å². The van der Waals surface area contributed by atoms with Crippen molar-refractivity contribution in [3.8, 4) is 0 Å². The van der Waals surface area contributed by atoms with E-state index in [9.17, 15) is 14.4 Å². The van der Waals surface area contributed by atoms with Gasteiger partial charge in [-0.3, -0.25) is 24.6 Å². The Kier molecular flexibility index (Phi) is 10.5. The Balaban J connectivity index is 2.04. The molecule has 3 atom stereocenters. The molecule has 12 nitrogen and oxygen atoms in total. The maximum atomic E-state index is 13.0. The van der Waals surface area contributed by atoms with E-state index in [0.717, 1.165) is 16.5 Å². The summed E-state index contributed by atoms with van der Waals surface area (Å²) in [4.78, 5) is 44.9. The average Bonchev–Trinajstić information content (AvgIpc) is 3.22. The minimum atomic E-state index is -1.03. The van der Waals surface area contributed by atoms with E-state index in [1.165, 1.54) is 0 Å². The zero-order chi connectivity index (χ0) is 26.0. The molecule has 12 heteroatoms. The number of aromatic nitrogens is 1. The largest absolute Gasteiger partial charge is 0.370 e. The highest BCUT2D eigenvalue weighted by molar-refractivity contribution is 5.93. The topological polar surface area (TPSA) is 214 Å². The Bertz CT molecular complexity index is 1030. The molecule has 1 heterocycles. The van der Waals surface area contributed by atoms with Gasteiger partial charge in [0.05, 0.1) is 6.04 Å². The first kappa shape index (κ1) is 27.6. The van der Waals surface area contributed by atoms with Gasteiger partial charge in [-0.1, -0.05) is 32.0 Å². The summed E-state index contributed by atoms with van der Waals surface area (Å²) in [6, 6.07) is 4.87. The van der Waals surface area contributed by atoms with Gasteiger partial charge in [0, 0.05) is 23.6 Å². The van der Waals surface area contributed by atoms with Gasteiger partial charge < -0.3 is 32.8 Å². The molecule has 1 aromatic heterocycles. The van der Waals surface area contributed by atoms with Gasteiger partial charge in [-0.05, 0) is 43.2 Å². The highest BCUT2D eigenvalue weighted by atomic mass is 16.5. The van der Waals surface area contributed by atoms with E-state index in [1.54, 1.807) is 5.48 Å². The quantitative estimate of drug-likeness (QED) is 0.0614. The minimum absolute atomic E-state index is 0.0721. The summed E-state index contributed by atoms with van der Waals surface area (Å²) in [5.41, 5.74) is 20.1. The first-order valence-corrected chi connectivity index (χ1v) is 11.5. The van der Waals surface area contributed by atoms with Crippen LogP contribution in [0.5, 0.6) is 0 Å². The van der Waals surface area contributed by atoms with Crippen molar-refractivity contribution < 1.29 is 19.6 Å². The van der Waals surface area contributed by atoms with Crippen molar-refractivity contribution in [3.63, 3.8) is 0 Å². The number of nitrogens with one attached hydrogen (secondary N) is 4. The molecular weight excluding hydrogens is 452 g/mol. The number of H-pyrrole nitrogens is 1. The number of hydrogen-bond acceptors (Lipinski definition) is 6. The molecule has 0 aliphatic rings. The molecule has 192 valence electrons.